The van der Waals surface area contributed by atoms with Gasteiger partial charge in [-0.15, -0.1) is 0 Å². The Morgan fingerprint density at radius 1 is 1.18 bits per heavy atom. The minimum Gasteiger partial charge on any atom is -0.496 e. The van der Waals surface area contributed by atoms with Crippen molar-refractivity contribution >= 4 is 23.5 Å². The molecule has 1 aromatic carbocycles. The molecule has 1 saturated heterocycles. The van der Waals surface area contributed by atoms with E-state index in [9.17, 15) is 27.6 Å². The van der Waals surface area contributed by atoms with Crippen LogP contribution in [0.3, 0.4) is 0 Å². The minimum atomic E-state index is -5.16. The number of hydrogen-bond acceptors (Lipinski definition) is 7. The summed E-state index contributed by atoms with van der Waals surface area (Å²) in [4.78, 5) is 40.4. The zero-order valence-electron chi connectivity index (χ0n) is 23.2. The number of rotatable bonds is 11. The zero-order valence-corrected chi connectivity index (χ0v) is 23.2. The fraction of sp³-hybridized carbons (Fsp3) is 0.607. The first kappa shape index (κ1) is 30.5. The van der Waals surface area contributed by atoms with E-state index >= 15 is 0 Å². The lowest BCUT2D eigenvalue weighted by Crippen LogP contribution is -2.46. The number of amides is 1. The third kappa shape index (κ3) is 7.12. The van der Waals surface area contributed by atoms with E-state index in [-0.39, 0.29) is 48.0 Å². The fourth-order valence-corrected chi connectivity index (χ4v) is 5.07. The number of nitrogens with zero attached hydrogens (tertiary/aromatic N) is 2. The van der Waals surface area contributed by atoms with Crippen molar-refractivity contribution < 1.29 is 41.8 Å². The Bertz CT molecular complexity index is 1120. The third-order valence-electron chi connectivity index (χ3n) is 7.11. The van der Waals surface area contributed by atoms with Crippen LogP contribution in [0.15, 0.2) is 11.6 Å². The summed E-state index contributed by atoms with van der Waals surface area (Å²) in [5.41, 5.74) is 1.83. The molecule has 2 aliphatic rings. The predicted molar refractivity (Wildman–Crippen MR) is 139 cm³/mol. The number of hydrogen-bond donors (Lipinski definition) is 0. The Balaban J connectivity index is 1.87. The van der Waals surface area contributed by atoms with E-state index in [1.54, 1.807) is 19.9 Å². The normalized spacial score (nSPS) is 15.9. The molecule has 1 aromatic rings. The average molecular weight is 555 g/mol. The van der Waals surface area contributed by atoms with Gasteiger partial charge in [0.2, 0.25) is 0 Å². The Morgan fingerprint density at radius 2 is 1.85 bits per heavy atom. The molecule has 0 aliphatic carbocycles. The molecule has 0 saturated carbocycles. The number of cyclic esters (lactones) is 1. The smallest absolute Gasteiger partial charge is 0.471 e. The molecule has 0 bridgehead atoms. The number of halogens is 3. The van der Waals surface area contributed by atoms with Gasteiger partial charge in [-0.25, -0.2) is 4.79 Å². The lowest BCUT2D eigenvalue weighted by Gasteiger charge is -2.32. The average Bonchev–Trinajstić information content (AvgIpc) is 3.52. The van der Waals surface area contributed by atoms with Crippen molar-refractivity contribution in [2.45, 2.75) is 78.6 Å². The summed E-state index contributed by atoms with van der Waals surface area (Å²) >= 11 is 0. The number of ether oxygens (including phenoxy) is 3. The summed E-state index contributed by atoms with van der Waals surface area (Å²) in [6, 6.07) is -0.914. The van der Waals surface area contributed by atoms with Gasteiger partial charge in [0, 0.05) is 30.1 Å². The van der Waals surface area contributed by atoms with Crippen LogP contribution in [0, 0.1) is 6.92 Å². The highest BCUT2D eigenvalue weighted by molar-refractivity contribution is 6.08. The molecule has 0 atom stereocenters. The monoisotopic (exact) mass is 554 g/mol. The number of methoxy groups -OCH3 is 1. The third-order valence-corrected chi connectivity index (χ3v) is 7.11. The van der Waals surface area contributed by atoms with Crippen LogP contribution < -0.4 is 9.64 Å². The number of likely N-dealkylation sites (tertiary alicyclic amines) is 1. The van der Waals surface area contributed by atoms with E-state index < -0.39 is 24.1 Å². The van der Waals surface area contributed by atoms with Crippen molar-refractivity contribution in [2.24, 2.45) is 0 Å². The quantitative estimate of drug-likeness (QED) is 0.285. The van der Waals surface area contributed by atoms with Gasteiger partial charge >= 0.3 is 24.0 Å². The number of alkyl halides is 3. The summed E-state index contributed by atoms with van der Waals surface area (Å²) in [5.74, 6) is -2.90. The fourth-order valence-electron chi connectivity index (χ4n) is 5.07. The van der Waals surface area contributed by atoms with Crippen molar-refractivity contribution in [1.82, 2.24) is 4.90 Å². The molecule has 1 fully saturated rings. The molecule has 1 amide bonds. The summed E-state index contributed by atoms with van der Waals surface area (Å²) in [5, 5.41) is 0. The van der Waals surface area contributed by atoms with Crippen LogP contribution >= 0.6 is 0 Å². The maximum Gasteiger partial charge on any atom is 0.471 e. The van der Waals surface area contributed by atoms with Gasteiger partial charge in [0.1, 0.15) is 19.0 Å². The molecule has 2 heterocycles. The van der Waals surface area contributed by atoms with E-state index in [2.05, 4.69) is 4.90 Å². The van der Waals surface area contributed by atoms with E-state index in [1.165, 1.54) is 21.0 Å². The van der Waals surface area contributed by atoms with Crippen molar-refractivity contribution in [2.75, 3.05) is 38.3 Å². The number of carbonyl (C=O) groups is 3. The largest absolute Gasteiger partial charge is 0.496 e. The van der Waals surface area contributed by atoms with E-state index in [4.69, 9.17) is 14.2 Å². The number of anilines is 1. The van der Waals surface area contributed by atoms with E-state index in [0.717, 1.165) is 31.5 Å². The SMILES string of the molecule is COc1c(C)c2c(c(N(C(=O)C(F)(F)F)C(C)C)c1CC=C(C)CCC(=O)OCCN1CCCC1)C(=O)OC2. The molecule has 0 unspecified atom stereocenters. The highest BCUT2D eigenvalue weighted by atomic mass is 19.4. The van der Waals surface area contributed by atoms with Gasteiger partial charge in [0.15, 0.2) is 0 Å². The molecule has 0 N–H and O–H groups in total. The standard InChI is InChI=1S/C28H37F3N2O6/c1-17(2)33(27(36)28(29,30)31)24-20(25(37-5)19(4)21-16-39-26(35)23(21)24)10-8-18(3)9-11-22(34)38-15-14-32-12-6-7-13-32/h8,17H,6-7,9-16H2,1-5H3. The first-order valence-electron chi connectivity index (χ1n) is 13.2. The van der Waals surface area contributed by atoms with Crippen LogP contribution in [0.4, 0.5) is 18.9 Å². The van der Waals surface area contributed by atoms with E-state index in [1.807, 2.05) is 0 Å². The molecule has 0 spiro atoms. The minimum absolute atomic E-state index is 0.0535. The molecule has 8 nitrogen and oxygen atoms in total. The van der Waals surface area contributed by atoms with Crippen LogP contribution in [0.1, 0.15) is 73.5 Å². The topological polar surface area (TPSA) is 85.4 Å². The molecular weight excluding hydrogens is 517 g/mol. The molecule has 11 heteroatoms. The number of benzene rings is 1. The van der Waals surface area contributed by atoms with Gasteiger partial charge in [0.05, 0.1) is 18.4 Å². The first-order valence-corrected chi connectivity index (χ1v) is 13.2. The van der Waals surface area contributed by atoms with Gasteiger partial charge in [-0.2, -0.15) is 13.2 Å². The molecular formula is C28H37F3N2O6. The Morgan fingerprint density at radius 3 is 2.44 bits per heavy atom. The molecule has 0 radical (unpaired) electrons. The van der Waals surface area contributed by atoms with E-state index in [0.29, 0.717) is 35.6 Å². The second kappa shape index (κ2) is 12.8. The van der Waals surface area contributed by atoms with Crippen LogP contribution in [0.5, 0.6) is 5.75 Å². The lowest BCUT2D eigenvalue weighted by molar-refractivity contribution is -0.170. The molecule has 39 heavy (non-hydrogen) atoms. The van der Waals surface area contributed by atoms with Gasteiger partial charge in [-0.05, 0) is 72.0 Å². The maximum absolute atomic E-state index is 13.7. The second-order valence-corrected chi connectivity index (χ2v) is 10.2. The summed E-state index contributed by atoms with van der Waals surface area (Å²) in [6.07, 6.45) is -0.445. The number of esters is 2. The maximum atomic E-state index is 13.7. The van der Waals surface area contributed by atoms with Gasteiger partial charge in [0.25, 0.3) is 0 Å². The highest BCUT2D eigenvalue weighted by Gasteiger charge is 2.47. The highest BCUT2D eigenvalue weighted by Crippen LogP contribution is 2.44. The van der Waals surface area contributed by atoms with Crippen LogP contribution in [-0.2, 0) is 32.1 Å². The van der Waals surface area contributed by atoms with Crippen molar-refractivity contribution in [3.63, 3.8) is 0 Å². The van der Waals surface area contributed by atoms with Crippen LogP contribution in [0.2, 0.25) is 0 Å². The molecule has 3 rings (SSSR count). The Kier molecular flexibility index (Phi) is 10.0. The van der Waals surface area contributed by atoms with Gasteiger partial charge < -0.3 is 19.1 Å². The first-order chi connectivity index (χ1) is 18.4. The van der Waals surface area contributed by atoms with Crippen LogP contribution in [0.25, 0.3) is 0 Å². The summed E-state index contributed by atoms with van der Waals surface area (Å²) in [7, 11) is 1.39. The number of carbonyl (C=O) groups excluding carboxylic acids is 3. The van der Waals surface area contributed by atoms with Crippen molar-refractivity contribution in [1.29, 1.82) is 0 Å². The zero-order chi connectivity index (χ0) is 28.9. The predicted octanol–water partition coefficient (Wildman–Crippen LogP) is 4.89. The van der Waals surface area contributed by atoms with Gasteiger partial charge in [-0.3, -0.25) is 14.5 Å². The van der Waals surface area contributed by atoms with Crippen molar-refractivity contribution in [3.8, 4) is 5.75 Å². The Hall–Kier alpha value is -3.08. The lowest BCUT2D eigenvalue weighted by atomic mass is 9.92. The van der Waals surface area contributed by atoms with Gasteiger partial charge in [-0.1, -0.05) is 11.6 Å². The molecule has 2 aliphatic heterocycles. The van der Waals surface area contributed by atoms with Crippen molar-refractivity contribution in [3.05, 3.63) is 33.9 Å². The summed E-state index contributed by atoms with van der Waals surface area (Å²) < 4.78 is 57.1. The molecule has 216 valence electrons. The second-order valence-electron chi connectivity index (χ2n) is 10.2. The summed E-state index contributed by atoms with van der Waals surface area (Å²) in [6.45, 7) is 9.38. The number of fused-ring (bicyclic) bond motifs is 1. The number of allylic oxidation sites excluding steroid dienone is 2. The van der Waals surface area contributed by atoms with Crippen LogP contribution in [-0.4, -0.2) is 68.3 Å². The Labute approximate surface area is 227 Å². The molecule has 0 aromatic heterocycles.